The van der Waals surface area contributed by atoms with Crippen LogP contribution in [0, 0.1) is 12.3 Å². The number of amides is 1. The second-order valence-electron chi connectivity index (χ2n) is 7.73. The molecule has 2 aromatic heterocycles. The first-order chi connectivity index (χ1) is 12.5. The molecule has 2 aliphatic rings. The van der Waals surface area contributed by atoms with E-state index in [-0.39, 0.29) is 18.4 Å². The third-order valence-electron chi connectivity index (χ3n) is 5.74. The molecule has 0 aromatic carbocycles. The van der Waals surface area contributed by atoms with Crippen LogP contribution in [0.25, 0.3) is 0 Å². The molecule has 0 atom stereocenters. The molecule has 9 heteroatoms. The Kier molecular flexibility index (Phi) is 4.37. The second kappa shape index (κ2) is 6.69. The molecule has 1 aliphatic carbocycles. The zero-order valence-electron chi connectivity index (χ0n) is 15.3. The Bertz CT molecular complexity index is 776. The van der Waals surface area contributed by atoms with E-state index < -0.39 is 0 Å². The quantitative estimate of drug-likeness (QED) is 0.869. The van der Waals surface area contributed by atoms with E-state index in [1.165, 1.54) is 0 Å². The predicted molar refractivity (Wildman–Crippen MR) is 93.4 cm³/mol. The molecule has 26 heavy (non-hydrogen) atoms. The van der Waals surface area contributed by atoms with Crippen LogP contribution in [-0.2, 0) is 18.3 Å². The van der Waals surface area contributed by atoms with Crippen LogP contribution in [0.1, 0.15) is 43.6 Å². The first-order valence-electron chi connectivity index (χ1n) is 9.22. The maximum absolute atomic E-state index is 12.2. The van der Waals surface area contributed by atoms with Crippen LogP contribution in [0.15, 0.2) is 10.6 Å². The van der Waals surface area contributed by atoms with Gasteiger partial charge in [-0.15, -0.1) is 0 Å². The Hall–Kier alpha value is -2.45. The summed E-state index contributed by atoms with van der Waals surface area (Å²) in [7, 11) is 1.88. The third-order valence-corrected chi connectivity index (χ3v) is 5.74. The van der Waals surface area contributed by atoms with Crippen LogP contribution in [-0.4, -0.2) is 50.4 Å². The summed E-state index contributed by atoms with van der Waals surface area (Å²) in [5.41, 5.74) is 1.13. The van der Waals surface area contributed by atoms with Crippen molar-refractivity contribution in [2.45, 2.75) is 51.5 Å². The molecule has 0 unspecified atom stereocenters. The Morgan fingerprint density at radius 1 is 1.38 bits per heavy atom. The van der Waals surface area contributed by atoms with Crippen molar-refractivity contribution in [2.24, 2.45) is 12.5 Å². The van der Waals surface area contributed by atoms with Crippen molar-refractivity contribution in [3.63, 3.8) is 0 Å². The van der Waals surface area contributed by atoms with Crippen molar-refractivity contribution < 1.29 is 9.32 Å². The summed E-state index contributed by atoms with van der Waals surface area (Å²) in [5, 5.41) is 18.8. The minimum Gasteiger partial charge on any atom is -0.361 e. The van der Waals surface area contributed by atoms with Crippen molar-refractivity contribution in [2.75, 3.05) is 18.0 Å². The fraction of sp³-hybridized carbons (Fsp3) is 0.706. The number of tetrazole rings is 1. The molecular weight excluding hydrogens is 334 g/mol. The number of hydrogen-bond donors (Lipinski definition) is 1. The highest BCUT2D eigenvalue weighted by atomic mass is 16.5. The van der Waals surface area contributed by atoms with E-state index in [9.17, 15) is 4.79 Å². The lowest BCUT2D eigenvalue weighted by Crippen LogP contribution is -2.42. The maximum Gasteiger partial charge on any atom is 0.245 e. The largest absolute Gasteiger partial charge is 0.361 e. The van der Waals surface area contributed by atoms with Gasteiger partial charge in [-0.25, -0.2) is 4.68 Å². The van der Waals surface area contributed by atoms with E-state index >= 15 is 0 Å². The molecule has 3 heterocycles. The number of hydrogen-bond acceptors (Lipinski definition) is 7. The molecule has 2 aromatic rings. The van der Waals surface area contributed by atoms with E-state index in [1.54, 1.807) is 4.68 Å². The van der Waals surface area contributed by atoms with Crippen LogP contribution >= 0.6 is 0 Å². The minimum absolute atomic E-state index is 0.0142. The predicted octanol–water partition coefficient (Wildman–Crippen LogP) is 1.00. The van der Waals surface area contributed by atoms with Gasteiger partial charge in [0, 0.05) is 32.2 Å². The molecule has 140 valence electrons. The standard InChI is InChI=1S/C17H25N7O2/c1-12-9-14(26-20-12)10-15(25)18-13-3-5-17(6-4-13)7-8-24(11-17)16-19-21-22-23(16)2/h9,13H,3-8,10-11H2,1-2H3,(H,18,25). The van der Waals surface area contributed by atoms with E-state index in [0.29, 0.717) is 11.2 Å². The van der Waals surface area contributed by atoms with Crippen molar-refractivity contribution in [1.29, 1.82) is 0 Å². The van der Waals surface area contributed by atoms with Gasteiger partial charge in [0.05, 0.1) is 12.1 Å². The number of nitrogens with one attached hydrogen (secondary N) is 1. The lowest BCUT2D eigenvalue weighted by Gasteiger charge is -2.37. The number of aryl methyl sites for hydroxylation is 2. The van der Waals surface area contributed by atoms with Gasteiger partial charge in [-0.1, -0.05) is 10.3 Å². The fourth-order valence-corrected chi connectivity index (χ4v) is 4.32. The molecule has 1 spiro atoms. The van der Waals surface area contributed by atoms with Gasteiger partial charge in [0.15, 0.2) is 0 Å². The molecule has 2 fully saturated rings. The summed E-state index contributed by atoms with van der Waals surface area (Å²) in [6, 6.07) is 2.06. The number of nitrogens with zero attached hydrogens (tertiary/aromatic N) is 6. The Balaban J connectivity index is 1.28. The first-order valence-corrected chi connectivity index (χ1v) is 9.22. The molecule has 4 rings (SSSR count). The number of carbonyl (C=O) groups is 1. The monoisotopic (exact) mass is 359 g/mol. The molecule has 1 amide bonds. The van der Waals surface area contributed by atoms with Crippen LogP contribution in [0.2, 0.25) is 0 Å². The van der Waals surface area contributed by atoms with Crippen molar-refractivity contribution in [1.82, 2.24) is 30.7 Å². The average molecular weight is 359 g/mol. The highest BCUT2D eigenvalue weighted by Gasteiger charge is 2.42. The molecule has 1 saturated carbocycles. The lowest BCUT2D eigenvalue weighted by atomic mass is 9.72. The summed E-state index contributed by atoms with van der Waals surface area (Å²) in [6.07, 6.45) is 5.72. The topological polar surface area (TPSA) is 102 Å². The summed E-state index contributed by atoms with van der Waals surface area (Å²) in [5.74, 6) is 1.48. The number of carbonyl (C=O) groups excluding carboxylic acids is 1. The van der Waals surface area contributed by atoms with Crippen LogP contribution in [0.5, 0.6) is 0 Å². The zero-order chi connectivity index (χ0) is 18.1. The van der Waals surface area contributed by atoms with Gasteiger partial charge in [-0.3, -0.25) is 4.79 Å². The van der Waals surface area contributed by atoms with Gasteiger partial charge in [0.25, 0.3) is 0 Å². The highest BCUT2D eigenvalue weighted by Crippen LogP contribution is 2.44. The Morgan fingerprint density at radius 3 is 2.85 bits per heavy atom. The molecule has 0 bridgehead atoms. The molecule has 1 aliphatic heterocycles. The van der Waals surface area contributed by atoms with Crippen molar-refractivity contribution >= 4 is 11.9 Å². The smallest absolute Gasteiger partial charge is 0.245 e. The number of anilines is 1. The molecule has 1 saturated heterocycles. The summed E-state index contributed by atoms with van der Waals surface area (Å²) >= 11 is 0. The van der Waals surface area contributed by atoms with Crippen LogP contribution in [0.3, 0.4) is 0 Å². The highest BCUT2D eigenvalue weighted by molar-refractivity contribution is 5.78. The zero-order valence-corrected chi connectivity index (χ0v) is 15.3. The molecule has 0 radical (unpaired) electrons. The third kappa shape index (κ3) is 3.42. The van der Waals surface area contributed by atoms with E-state index in [0.717, 1.165) is 56.8 Å². The average Bonchev–Trinajstić information content (AvgIpc) is 3.31. The van der Waals surface area contributed by atoms with E-state index in [1.807, 2.05) is 20.0 Å². The normalized spacial score (nSPS) is 25.8. The lowest BCUT2D eigenvalue weighted by molar-refractivity contribution is -0.121. The SMILES string of the molecule is Cc1cc(CC(=O)NC2CCC3(CC2)CCN(c2nnnn2C)C3)on1. The Labute approximate surface area is 152 Å². The van der Waals surface area contributed by atoms with Crippen molar-refractivity contribution in [3.8, 4) is 0 Å². The van der Waals surface area contributed by atoms with Gasteiger partial charge in [-0.05, 0) is 54.9 Å². The van der Waals surface area contributed by atoms with Gasteiger partial charge >= 0.3 is 0 Å². The minimum atomic E-state index is 0.0142. The van der Waals surface area contributed by atoms with Crippen molar-refractivity contribution in [3.05, 3.63) is 17.5 Å². The second-order valence-corrected chi connectivity index (χ2v) is 7.73. The van der Waals surface area contributed by atoms with Gasteiger partial charge in [0.1, 0.15) is 5.76 Å². The first kappa shape index (κ1) is 17.0. The van der Waals surface area contributed by atoms with E-state index in [2.05, 4.69) is 30.9 Å². The Morgan fingerprint density at radius 2 is 2.19 bits per heavy atom. The number of rotatable bonds is 4. The van der Waals surface area contributed by atoms with Crippen LogP contribution < -0.4 is 10.2 Å². The summed E-state index contributed by atoms with van der Waals surface area (Å²) in [6.45, 7) is 3.85. The molecule has 9 nitrogen and oxygen atoms in total. The van der Waals surface area contributed by atoms with Gasteiger partial charge in [-0.2, -0.15) is 0 Å². The summed E-state index contributed by atoms with van der Waals surface area (Å²) in [4.78, 5) is 14.5. The number of aromatic nitrogens is 5. The maximum atomic E-state index is 12.2. The van der Waals surface area contributed by atoms with E-state index in [4.69, 9.17) is 4.52 Å². The van der Waals surface area contributed by atoms with Gasteiger partial charge < -0.3 is 14.7 Å². The van der Waals surface area contributed by atoms with Crippen LogP contribution in [0.4, 0.5) is 5.95 Å². The molecular formula is C17H25N7O2. The summed E-state index contributed by atoms with van der Waals surface area (Å²) < 4.78 is 6.85. The van der Waals surface area contributed by atoms with Gasteiger partial charge in [0.2, 0.25) is 11.9 Å². The fourth-order valence-electron chi connectivity index (χ4n) is 4.32. The molecule has 1 N–H and O–H groups in total.